The van der Waals surface area contributed by atoms with Crippen LogP contribution in [0.25, 0.3) is 22.4 Å². The van der Waals surface area contributed by atoms with E-state index in [1.54, 1.807) is 18.4 Å². The first kappa shape index (κ1) is 18.6. The van der Waals surface area contributed by atoms with E-state index in [4.69, 9.17) is 0 Å². The van der Waals surface area contributed by atoms with Gasteiger partial charge in [-0.05, 0) is 28.8 Å². The minimum absolute atomic E-state index is 0.857. The van der Waals surface area contributed by atoms with Crippen molar-refractivity contribution in [2.24, 2.45) is 10.1 Å². The van der Waals surface area contributed by atoms with Crippen LogP contribution in [0.3, 0.4) is 0 Å². The quantitative estimate of drug-likeness (QED) is 0.340. The Bertz CT molecular complexity index is 1160. The van der Waals surface area contributed by atoms with Gasteiger partial charge >= 0.3 is 0 Å². The van der Waals surface area contributed by atoms with Gasteiger partial charge in [0.15, 0.2) is 0 Å². The molecule has 4 rings (SSSR count). The van der Waals surface area contributed by atoms with E-state index in [1.807, 2.05) is 41.2 Å². The highest BCUT2D eigenvalue weighted by Gasteiger charge is 2.07. The second-order valence-corrected chi connectivity index (χ2v) is 7.93. The van der Waals surface area contributed by atoms with Gasteiger partial charge in [-0.25, -0.2) is 4.68 Å². The summed E-state index contributed by atoms with van der Waals surface area (Å²) >= 11 is 5.04. The smallest absolute Gasteiger partial charge is 0.205 e. The van der Waals surface area contributed by atoms with E-state index in [1.165, 1.54) is 11.1 Å². The SMILES string of the molecule is CN=c1scc(-c2ccc(-c3ccccc3)cc2)n1/N=C\c1ccc(Br)cc1. The molecule has 4 aromatic rings. The highest BCUT2D eigenvalue weighted by molar-refractivity contribution is 9.10. The summed E-state index contributed by atoms with van der Waals surface area (Å²) in [6.45, 7) is 0. The Labute approximate surface area is 176 Å². The lowest BCUT2D eigenvalue weighted by molar-refractivity contribution is 0.848. The fourth-order valence-electron chi connectivity index (χ4n) is 2.90. The standard InChI is InChI=1S/C23H18BrN3S/c1-25-23-27(26-15-17-7-13-21(24)14-8-17)22(16-28-23)20-11-9-19(10-12-20)18-5-3-2-4-6-18/h2-16H,1H3/b25-23?,26-15-. The number of nitrogens with zero attached hydrogens (tertiary/aromatic N) is 3. The molecule has 5 heteroatoms. The van der Waals surface area contributed by atoms with Crippen LogP contribution in [-0.4, -0.2) is 17.9 Å². The summed E-state index contributed by atoms with van der Waals surface area (Å²) in [4.78, 5) is 5.23. The summed E-state index contributed by atoms with van der Waals surface area (Å²) in [7, 11) is 1.79. The zero-order valence-corrected chi connectivity index (χ0v) is 17.7. The van der Waals surface area contributed by atoms with Crippen molar-refractivity contribution in [1.82, 2.24) is 4.68 Å². The largest absolute Gasteiger partial charge is 0.261 e. The lowest BCUT2D eigenvalue weighted by Gasteiger charge is -2.06. The first-order chi connectivity index (χ1) is 13.7. The zero-order valence-electron chi connectivity index (χ0n) is 15.3. The summed E-state index contributed by atoms with van der Waals surface area (Å²) in [6.07, 6.45) is 1.86. The number of hydrogen-bond donors (Lipinski definition) is 0. The Balaban J connectivity index is 1.69. The van der Waals surface area contributed by atoms with Gasteiger partial charge in [-0.15, -0.1) is 11.3 Å². The van der Waals surface area contributed by atoms with E-state index < -0.39 is 0 Å². The van der Waals surface area contributed by atoms with E-state index >= 15 is 0 Å². The molecule has 1 aromatic heterocycles. The molecule has 0 N–H and O–H groups in total. The van der Waals surface area contributed by atoms with Crippen LogP contribution in [0.1, 0.15) is 5.56 Å². The van der Waals surface area contributed by atoms with Crippen molar-refractivity contribution in [2.75, 3.05) is 7.05 Å². The molecule has 0 saturated heterocycles. The third-order valence-electron chi connectivity index (χ3n) is 4.36. The van der Waals surface area contributed by atoms with Crippen molar-refractivity contribution in [3.8, 4) is 22.4 Å². The minimum Gasteiger partial charge on any atom is -0.261 e. The highest BCUT2D eigenvalue weighted by Crippen LogP contribution is 2.25. The predicted molar refractivity (Wildman–Crippen MR) is 122 cm³/mol. The Morgan fingerprint density at radius 3 is 2.14 bits per heavy atom. The fraction of sp³-hybridized carbons (Fsp3) is 0.0435. The van der Waals surface area contributed by atoms with Crippen LogP contribution < -0.4 is 4.80 Å². The van der Waals surface area contributed by atoms with Gasteiger partial charge in [0, 0.05) is 22.5 Å². The van der Waals surface area contributed by atoms with Crippen molar-refractivity contribution in [3.63, 3.8) is 0 Å². The first-order valence-corrected chi connectivity index (χ1v) is 10.5. The van der Waals surface area contributed by atoms with Crippen LogP contribution in [-0.2, 0) is 0 Å². The van der Waals surface area contributed by atoms with E-state index in [0.29, 0.717) is 0 Å². The van der Waals surface area contributed by atoms with Gasteiger partial charge in [-0.2, -0.15) is 5.10 Å². The lowest BCUT2D eigenvalue weighted by Crippen LogP contribution is -2.11. The van der Waals surface area contributed by atoms with Gasteiger partial charge in [0.2, 0.25) is 4.80 Å². The minimum atomic E-state index is 0.857. The molecule has 0 unspecified atom stereocenters. The van der Waals surface area contributed by atoms with E-state index in [-0.39, 0.29) is 0 Å². The summed E-state index contributed by atoms with van der Waals surface area (Å²) in [5.41, 5.74) is 5.58. The molecule has 0 aliphatic carbocycles. The number of aromatic nitrogens is 1. The number of hydrogen-bond acceptors (Lipinski definition) is 3. The average molecular weight is 448 g/mol. The van der Waals surface area contributed by atoms with Crippen LogP contribution in [0.2, 0.25) is 0 Å². The van der Waals surface area contributed by atoms with Crippen molar-refractivity contribution >= 4 is 33.5 Å². The van der Waals surface area contributed by atoms with Crippen molar-refractivity contribution in [2.45, 2.75) is 0 Å². The van der Waals surface area contributed by atoms with E-state index in [0.717, 1.165) is 26.1 Å². The van der Waals surface area contributed by atoms with Crippen LogP contribution in [0, 0.1) is 0 Å². The number of halogens is 1. The van der Waals surface area contributed by atoms with Crippen LogP contribution >= 0.6 is 27.3 Å². The monoisotopic (exact) mass is 447 g/mol. The van der Waals surface area contributed by atoms with E-state index in [2.05, 4.69) is 79.9 Å². The second kappa shape index (κ2) is 8.50. The molecule has 0 aliphatic rings. The summed E-state index contributed by atoms with van der Waals surface area (Å²) in [5.74, 6) is 0. The van der Waals surface area contributed by atoms with Crippen molar-refractivity contribution in [1.29, 1.82) is 0 Å². The van der Waals surface area contributed by atoms with Gasteiger partial charge in [0.1, 0.15) is 0 Å². The van der Waals surface area contributed by atoms with Gasteiger partial charge in [0.25, 0.3) is 0 Å². The van der Waals surface area contributed by atoms with Gasteiger partial charge in [-0.3, -0.25) is 4.99 Å². The Kier molecular flexibility index (Phi) is 5.65. The molecule has 3 aromatic carbocycles. The molecular formula is C23H18BrN3S. The molecule has 3 nitrogen and oxygen atoms in total. The summed E-state index contributed by atoms with van der Waals surface area (Å²) < 4.78 is 2.95. The van der Waals surface area contributed by atoms with Crippen LogP contribution in [0.15, 0.2) is 98.8 Å². The molecule has 0 aliphatic heterocycles. The molecule has 0 atom stereocenters. The van der Waals surface area contributed by atoms with Crippen LogP contribution in [0.4, 0.5) is 0 Å². The van der Waals surface area contributed by atoms with Crippen molar-refractivity contribution < 1.29 is 0 Å². The third-order valence-corrected chi connectivity index (χ3v) is 5.79. The Hall–Kier alpha value is -2.76. The van der Waals surface area contributed by atoms with Crippen molar-refractivity contribution in [3.05, 3.63) is 99.1 Å². The fourth-order valence-corrected chi connectivity index (χ4v) is 3.97. The third kappa shape index (κ3) is 4.06. The molecule has 0 saturated carbocycles. The summed E-state index contributed by atoms with van der Waals surface area (Å²) in [5, 5.41) is 6.78. The molecular weight excluding hydrogens is 430 g/mol. The maximum absolute atomic E-state index is 4.69. The van der Waals surface area contributed by atoms with Gasteiger partial charge in [0.05, 0.1) is 11.9 Å². The van der Waals surface area contributed by atoms with Gasteiger partial charge < -0.3 is 0 Å². The number of benzene rings is 3. The zero-order chi connectivity index (χ0) is 19.3. The van der Waals surface area contributed by atoms with E-state index in [9.17, 15) is 0 Å². The number of thiazole rings is 1. The Morgan fingerprint density at radius 2 is 1.46 bits per heavy atom. The first-order valence-electron chi connectivity index (χ1n) is 8.84. The number of rotatable bonds is 4. The highest BCUT2D eigenvalue weighted by atomic mass is 79.9. The molecule has 28 heavy (non-hydrogen) atoms. The molecule has 1 heterocycles. The molecule has 0 bridgehead atoms. The van der Waals surface area contributed by atoms with Crippen LogP contribution in [0.5, 0.6) is 0 Å². The molecule has 0 radical (unpaired) electrons. The summed E-state index contributed by atoms with van der Waals surface area (Å²) in [6, 6.07) is 27.0. The van der Waals surface area contributed by atoms with Gasteiger partial charge in [-0.1, -0.05) is 82.7 Å². The maximum Gasteiger partial charge on any atom is 0.205 e. The normalized spacial score (nSPS) is 12.0. The predicted octanol–water partition coefficient (Wildman–Crippen LogP) is 6.06. The Morgan fingerprint density at radius 1 is 0.821 bits per heavy atom. The topological polar surface area (TPSA) is 29.6 Å². The molecule has 0 amide bonds. The average Bonchev–Trinajstić information content (AvgIpc) is 3.17. The second-order valence-electron chi connectivity index (χ2n) is 6.18. The maximum atomic E-state index is 4.69. The molecule has 138 valence electrons. The lowest BCUT2D eigenvalue weighted by atomic mass is 10.0. The molecule has 0 fully saturated rings. The molecule has 0 spiro atoms.